The smallest absolute Gasteiger partial charge is 0.236 e. The van der Waals surface area contributed by atoms with Crippen molar-refractivity contribution in [1.29, 1.82) is 0 Å². The number of hydrogen-bond donors (Lipinski definition) is 1. The lowest BCUT2D eigenvalue weighted by Crippen LogP contribution is -2.26. The molecule has 1 N–H and O–H groups in total. The largest absolute Gasteiger partial charge is 0.244 e. The highest BCUT2D eigenvalue weighted by atomic mass is 32.2. The Kier molecular flexibility index (Phi) is 3.14. The minimum absolute atomic E-state index is 0.0962. The number of benzene rings is 1. The van der Waals surface area contributed by atoms with E-state index >= 15 is 0 Å². The van der Waals surface area contributed by atoms with Crippen molar-refractivity contribution < 1.29 is 8.42 Å². The summed E-state index contributed by atoms with van der Waals surface area (Å²) in [5.74, 6) is 0. The van der Waals surface area contributed by atoms with Gasteiger partial charge < -0.3 is 0 Å². The van der Waals surface area contributed by atoms with Crippen LogP contribution >= 0.6 is 0 Å². The van der Waals surface area contributed by atoms with E-state index in [2.05, 4.69) is 9.82 Å². The number of aromatic nitrogens is 2. The molecule has 1 aromatic heterocycles. The first-order valence-electron chi connectivity index (χ1n) is 6.63. The molecule has 20 heavy (non-hydrogen) atoms. The van der Waals surface area contributed by atoms with Gasteiger partial charge in [-0.1, -0.05) is 18.2 Å². The standard InChI is InChI=1S/C14H17N3O2S/c1-10-14(20(18,19)16-12-8-9-12)11(2)17(15-10)13-6-4-3-5-7-13/h3-7,12,16H,8-9H2,1-2H3. The van der Waals surface area contributed by atoms with Crippen molar-refractivity contribution in [3.63, 3.8) is 0 Å². The molecule has 0 saturated heterocycles. The highest BCUT2D eigenvalue weighted by Gasteiger charge is 2.31. The fraction of sp³-hybridized carbons (Fsp3) is 0.357. The monoisotopic (exact) mass is 291 g/mol. The quantitative estimate of drug-likeness (QED) is 0.936. The van der Waals surface area contributed by atoms with E-state index < -0.39 is 10.0 Å². The van der Waals surface area contributed by atoms with E-state index in [1.54, 1.807) is 18.5 Å². The SMILES string of the molecule is Cc1nn(-c2ccccc2)c(C)c1S(=O)(=O)NC1CC1. The zero-order chi connectivity index (χ0) is 14.3. The molecular formula is C14H17N3O2S. The third-order valence-corrected chi connectivity index (χ3v) is 5.17. The number of nitrogens with zero attached hydrogens (tertiary/aromatic N) is 2. The van der Waals surface area contributed by atoms with Crippen LogP contribution in [0.4, 0.5) is 0 Å². The maximum absolute atomic E-state index is 12.4. The lowest BCUT2D eigenvalue weighted by Gasteiger charge is -2.07. The topological polar surface area (TPSA) is 64.0 Å². The van der Waals surface area contributed by atoms with Crippen molar-refractivity contribution in [3.05, 3.63) is 41.7 Å². The molecule has 0 aliphatic heterocycles. The first-order chi connectivity index (χ1) is 9.49. The van der Waals surface area contributed by atoms with Crippen molar-refractivity contribution in [1.82, 2.24) is 14.5 Å². The van der Waals surface area contributed by atoms with Gasteiger partial charge in [0.1, 0.15) is 4.90 Å². The molecule has 0 amide bonds. The van der Waals surface area contributed by atoms with E-state index in [4.69, 9.17) is 0 Å². The molecule has 0 spiro atoms. The van der Waals surface area contributed by atoms with Crippen LogP contribution in [0.2, 0.25) is 0 Å². The van der Waals surface area contributed by atoms with Crippen LogP contribution in [-0.2, 0) is 10.0 Å². The summed E-state index contributed by atoms with van der Waals surface area (Å²) in [6.45, 7) is 3.52. The van der Waals surface area contributed by atoms with Gasteiger partial charge in [0.15, 0.2) is 0 Å². The Morgan fingerprint density at radius 2 is 1.85 bits per heavy atom. The van der Waals surface area contributed by atoms with Crippen LogP contribution in [0, 0.1) is 13.8 Å². The van der Waals surface area contributed by atoms with Gasteiger partial charge in [-0.3, -0.25) is 0 Å². The molecule has 106 valence electrons. The molecule has 0 radical (unpaired) electrons. The second kappa shape index (κ2) is 4.71. The molecule has 3 rings (SSSR count). The van der Waals surface area contributed by atoms with Gasteiger partial charge in [0, 0.05) is 6.04 Å². The third-order valence-electron chi connectivity index (χ3n) is 3.39. The molecule has 0 bridgehead atoms. The van der Waals surface area contributed by atoms with E-state index in [0.29, 0.717) is 16.3 Å². The first kappa shape index (κ1) is 13.3. The van der Waals surface area contributed by atoms with Crippen molar-refractivity contribution in [2.75, 3.05) is 0 Å². The molecule has 0 unspecified atom stereocenters. The van der Waals surface area contributed by atoms with Crippen molar-refractivity contribution in [2.45, 2.75) is 37.6 Å². The molecule has 1 aliphatic rings. The van der Waals surface area contributed by atoms with Crippen LogP contribution in [-0.4, -0.2) is 24.2 Å². The molecule has 1 saturated carbocycles. The maximum Gasteiger partial charge on any atom is 0.244 e. The molecule has 6 heteroatoms. The fourth-order valence-electron chi connectivity index (χ4n) is 2.32. The average molecular weight is 291 g/mol. The molecule has 0 atom stereocenters. The maximum atomic E-state index is 12.4. The summed E-state index contributed by atoms with van der Waals surface area (Å²) in [7, 11) is -3.48. The summed E-state index contributed by atoms with van der Waals surface area (Å²) in [6.07, 6.45) is 1.84. The van der Waals surface area contributed by atoms with Crippen LogP contribution in [0.15, 0.2) is 35.2 Å². The van der Waals surface area contributed by atoms with Crippen LogP contribution in [0.3, 0.4) is 0 Å². The predicted octanol–water partition coefficient (Wildman–Crippen LogP) is 1.93. The highest BCUT2D eigenvalue weighted by molar-refractivity contribution is 7.89. The summed E-state index contributed by atoms with van der Waals surface area (Å²) >= 11 is 0. The van der Waals surface area contributed by atoms with Crippen molar-refractivity contribution >= 4 is 10.0 Å². The van der Waals surface area contributed by atoms with E-state index in [-0.39, 0.29) is 6.04 Å². The molecular weight excluding hydrogens is 274 g/mol. The molecule has 1 aliphatic carbocycles. The summed E-state index contributed by atoms with van der Waals surface area (Å²) in [4.78, 5) is 0.299. The highest BCUT2D eigenvalue weighted by Crippen LogP contribution is 2.26. The van der Waals surface area contributed by atoms with Gasteiger partial charge in [-0.05, 0) is 38.8 Å². The summed E-state index contributed by atoms with van der Waals surface area (Å²) in [6, 6.07) is 9.64. The van der Waals surface area contributed by atoms with Crippen LogP contribution in [0.25, 0.3) is 5.69 Å². The Morgan fingerprint density at radius 1 is 1.20 bits per heavy atom. The van der Waals surface area contributed by atoms with Gasteiger partial charge in [0.25, 0.3) is 0 Å². The predicted molar refractivity (Wildman–Crippen MR) is 76.4 cm³/mol. The summed E-state index contributed by atoms with van der Waals surface area (Å²) < 4.78 is 29.2. The number of para-hydroxylation sites is 1. The first-order valence-corrected chi connectivity index (χ1v) is 8.11. The number of hydrogen-bond acceptors (Lipinski definition) is 3. The van der Waals surface area contributed by atoms with Crippen molar-refractivity contribution in [2.24, 2.45) is 0 Å². The summed E-state index contributed by atoms with van der Waals surface area (Å²) in [5, 5.41) is 4.37. The normalized spacial score (nSPS) is 15.5. The molecule has 2 aromatic rings. The number of sulfonamides is 1. The Hall–Kier alpha value is -1.66. The van der Waals surface area contributed by atoms with Gasteiger partial charge >= 0.3 is 0 Å². The van der Waals surface area contributed by atoms with Crippen molar-refractivity contribution in [3.8, 4) is 5.69 Å². The molecule has 1 fully saturated rings. The Labute approximate surface area is 118 Å². The van der Waals surface area contributed by atoms with E-state index in [0.717, 1.165) is 18.5 Å². The second-order valence-electron chi connectivity index (χ2n) is 5.14. The van der Waals surface area contributed by atoms with Crippen LogP contribution < -0.4 is 4.72 Å². The molecule has 1 heterocycles. The van der Waals surface area contributed by atoms with Gasteiger partial charge in [-0.25, -0.2) is 17.8 Å². The van der Waals surface area contributed by atoms with Gasteiger partial charge in [-0.15, -0.1) is 0 Å². The zero-order valence-corrected chi connectivity index (χ0v) is 12.3. The molecule has 5 nitrogen and oxygen atoms in total. The van der Waals surface area contributed by atoms with E-state index in [9.17, 15) is 8.42 Å². The van der Waals surface area contributed by atoms with Gasteiger partial charge in [-0.2, -0.15) is 5.10 Å². The second-order valence-corrected chi connectivity index (χ2v) is 6.79. The zero-order valence-electron chi connectivity index (χ0n) is 11.5. The summed E-state index contributed by atoms with van der Waals surface area (Å²) in [5.41, 5.74) is 2.03. The molecule has 1 aromatic carbocycles. The van der Waals surface area contributed by atoms with E-state index in [1.807, 2.05) is 30.3 Å². The van der Waals surface area contributed by atoms with E-state index in [1.165, 1.54) is 0 Å². The fourth-order valence-corrected chi connectivity index (χ4v) is 4.01. The van der Waals surface area contributed by atoms with Gasteiger partial charge in [0.05, 0.1) is 17.1 Å². The Balaban J connectivity index is 2.07. The van der Waals surface area contributed by atoms with Crippen LogP contribution in [0.1, 0.15) is 24.2 Å². The lowest BCUT2D eigenvalue weighted by atomic mass is 10.3. The minimum atomic E-state index is -3.48. The minimum Gasteiger partial charge on any atom is -0.236 e. The number of rotatable bonds is 4. The average Bonchev–Trinajstić information content (AvgIpc) is 3.14. The van der Waals surface area contributed by atoms with Crippen LogP contribution in [0.5, 0.6) is 0 Å². The Morgan fingerprint density at radius 3 is 2.45 bits per heavy atom. The number of nitrogens with one attached hydrogen (secondary N) is 1. The van der Waals surface area contributed by atoms with Gasteiger partial charge in [0.2, 0.25) is 10.0 Å². The number of aryl methyl sites for hydroxylation is 1. The Bertz CT molecular complexity index is 731. The third kappa shape index (κ3) is 2.36. The lowest BCUT2D eigenvalue weighted by molar-refractivity contribution is 0.579.